The summed E-state index contributed by atoms with van der Waals surface area (Å²) in [5.74, 6) is 0.532. The highest BCUT2D eigenvalue weighted by molar-refractivity contribution is 5.52. The molecule has 4 nitrogen and oxygen atoms in total. The Kier molecular flexibility index (Phi) is 3.97. The maximum Gasteiger partial charge on any atom is 0.0521 e. The highest BCUT2D eigenvalue weighted by Gasteiger charge is 2.18. The van der Waals surface area contributed by atoms with Crippen LogP contribution in [0.15, 0.2) is 48.5 Å². The third-order valence-electron chi connectivity index (χ3n) is 4.08. The van der Waals surface area contributed by atoms with Crippen molar-refractivity contribution in [1.82, 2.24) is 5.43 Å². The number of anilines is 3. The van der Waals surface area contributed by atoms with Crippen molar-refractivity contribution >= 4 is 17.1 Å². The molecule has 1 aliphatic heterocycles. The molecule has 1 aliphatic rings. The van der Waals surface area contributed by atoms with Crippen molar-refractivity contribution in [3.05, 3.63) is 54.1 Å². The number of nitrogens with one attached hydrogen (secondary N) is 1. The molecule has 0 saturated carbocycles. The maximum absolute atomic E-state index is 5.76. The SMILES string of the molecule is Nc1ccc(C2CCCN(c3ccc(N)cc3)NC2)cc1. The van der Waals surface area contributed by atoms with E-state index in [0.29, 0.717) is 5.92 Å². The second kappa shape index (κ2) is 6.06. The van der Waals surface area contributed by atoms with E-state index in [-0.39, 0.29) is 0 Å². The number of nitrogens with two attached hydrogens (primary N) is 2. The van der Waals surface area contributed by atoms with Crippen molar-refractivity contribution in [2.45, 2.75) is 18.8 Å². The first-order valence-electron chi connectivity index (χ1n) is 7.44. The molecule has 2 aromatic rings. The maximum atomic E-state index is 5.76. The topological polar surface area (TPSA) is 67.3 Å². The molecule has 1 unspecified atom stereocenters. The van der Waals surface area contributed by atoms with E-state index in [1.807, 2.05) is 24.3 Å². The van der Waals surface area contributed by atoms with Gasteiger partial charge in [-0.3, -0.25) is 0 Å². The zero-order valence-electron chi connectivity index (χ0n) is 12.1. The quantitative estimate of drug-likeness (QED) is 0.741. The second-order valence-electron chi connectivity index (χ2n) is 5.61. The van der Waals surface area contributed by atoms with Crippen molar-refractivity contribution in [2.24, 2.45) is 0 Å². The van der Waals surface area contributed by atoms with Gasteiger partial charge in [0.15, 0.2) is 0 Å². The Labute approximate surface area is 125 Å². The van der Waals surface area contributed by atoms with Crippen molar-refractivity contribution < 1.29 is 0 Å². The monoisotopic (exact) mass is 282 g/mol. The fourth-order valence-corrected chi connectivity index (χ4v) is 2.82. The highest BCUT2D eigenvalue weighted by atomic mass is 15.5. The molecule has 2 aromatic carbocycles. The molecule has 1 heterocycles. The minimum atomic E-state index is 0.532. The molecule has 0 bridgehead atoms. The molecule has 4 heteroatoms. The van der Waals surface area contributed by atoms with Gasteiger partial charge < -0.3 is 16.5 Å². The van der Waals surface area contributed by atoms with Crippen LogP contribution in [0.3, 0.4) is 0 Å². The number of benzene rings is 2. The van der Waals surface area contributed by atoms with Gasteiger partial charge in [-0.25, -0.2) is 5.43 Å². The summed E-state index contributed by atoms with van der Waals surface area (Å²) in [6.07, 6.45) is 2.34. The lowest BCUT2D eigenvalue weighted by molar-refractivity contribution is 0.598. The predicted octanol–water partition coefficient (Wildman–Crippen LogP) is 2.74. The minimum Gasteiger partial charge on any atom is -0.399 e. The van der Waals surface area contributed by atoms with Gasteiger partial charge in [0.1, 0.15) is 0 Å². The molecular weight excluding hydrogens is 260 g/mol. The number of nitrogen functional groups attached to an aromatic ring is 2. The number of hydrogen-bond acceptors (Lipinski definition) is 4. The van der Waals surface area contributed by atoms with E-state index in [9.17, 15) is 0 Å². The van der Waals surface area contributed by atoms with Gasteiger partial charge in [0.2, 0.25) is 0 Å². The molecule has 1 atom stereocenters. The molecule has 1 saturated heterocycles. The van der Waals surface area contributed by atoms with Crippen LogP contribution in [-0.2, 0) is 0 Å². The van der Waals surface area contributed by atoms with E-state index >= 15 is 0 Å². The Balaban J connectivity index is 1.69. The van der Waals surface area contributed by atoms with Crippen LogP contribution in [0, 0.1) is 0 Å². The first kappa shape index (κ1) is 13.8. The van der Waals surface area contributed by atoms with E-state index in [1.54, 1.807) is 0 Å². The van der Waals surface area contributed by atoms with E-state index in [2.05, 4.69) is 34.7 Å². The Morgan fingerprint density at radius 1 is 0.905 bits per heavy atom. The lowest BCUT2D eigenvalue weighted by atomic mass is 9.94. The van der Waals surface area contributed by atoms with Crippen LogP contribution in [0.2, 0.25) is 0 Å². The van der Waals surface area contributed by atoms with Gasteiger partial charge in [-0.1, -0.05) is 12.1 Å². The van der Waals surface area contributed by atoms with Gasteiger partial charge >= 0.3 is 0 Å². The zero-order valence-corrected chi connectivity index (χ0v) is 12.1. The molecule has 1 fully saturated rings. The smallest absolute Gasteiger partial charge is 0.0521 e. The largest absolute Gasteiger partial charge is 0.399 e. The van der Waals surface area contributed by atoms with Crippen LogP contribution in [0.5, 0.6) is 0 Å². The third kappa shape index (κ3) is 3.28. The van der Waals surface area contributed by atoms with Gasteiger partial charge in [-0.2, -0.15) is 0 Å². The molecule has 0 aliphatic carbocycles. The molecule has 21 heavy (non-hydrogen) atoms. The molecular formula is C17H22N4. The van der Waals surface area contributed by atoms with Crippen LogP contribution in [0.25, 0.3) is 0 Å². The molecule has 0 amide bonds. The average molecular weight is 282 g/mol. The Hall–Kier alpha value is -2.20. The van der Waals surface area contributed by atoms with Gasteiger partial charge in [-0.15, -0.1) is 0 Å². The van der Waals surface area contributed by atoms with Gasteiger partial charge in [0, 0.05) is 24.5 Å². The number of hydrazine groups is 1. The van der Waals surface area contributed by atoms with Crippen LogP contribution >= 0.6 is 0 Å². The summed E-state index contributed by atoms with van der Waals surface area (Å²) in [5, 5.41) is 2.22. The first-order valence-corrected chi connectivity index (χ1v) is 7.44. The lowest BCUT2D eigenvalue weighted by Gasteiger charge is -2.24. The van der Waals surface area contributed by atoms with E-state index in [1.165, 1.54) is 17.7 Å². The molecule has 3 rings (SSSR count). The summed E-state index contributed by atoms with van der Waals surface area (Å²) in [6.45, 7) is 1.95. The molecule has 0 aromatic heterocycles. The van der Waals surface area contributed by atoms with Crippen LogP contribution in [-0.4, -0.2) is 13.1 Å². The number of rotatable bonds is 2. The van der Waals surface area contributed by atoms with Crippen molar-refractivity contribution in [3.8, 4) is 0 Å². The lowest BCUT2D eigenvalue weighted by Crippen LogP contribution is -2.38. The van der Waals surface area contributed by atoms with Crippen molar-refractivity contribution in [3.63, 3.8) is 0 Å². The van der Waals surface area contributed by atoms with Crippen LogP contribution in [0.1, 0.15) is 24.3 Å². The van der Waals surface area contributed by atoms with E-state index in [4.69, 9.17) is 11.5 Å². The van der Waals surface area contributed by atoms with E-state index in [0.717, 1.165) is 30.9 Å². The van der Waals surface area contributed by atoms with Gasteiger partial charge in [-0.05, 0) is 60.7 Å². The summed E-state index contributed by atoms with van der Waals surface area (Å²) < 4.78 is 0. The van der Waals surface area contributed by atoms with E-state index < -0.39 is 0 Å². The molecule has 110 valence electrons. The van der Waals surface area contributed by atoms with Crippen LogP contribution in [0.4, 0.5) is 17.1 Å². The normalized spacial score (nSPS) is 19.2. The average Bonchev–Trinajstić information content (AvgIpc) is 2.75. The summed E-state index contributed by atoms with van der Waals surface area (Å²) in [6, 6.07) is 16.3. The Morgan fingerprint density at radius 3 is 2.19 bits per heavy atom. The number of hydrogen-bond donors (Lipinski definition) is 3. The first-order chi connectivity index (χ1) is 10.2. The van der Waals surface area contributed by atoms with Gasteiger partial charge in [0.25, 0.3) is 0 Å². The molecule has 0 spiro atoms. The second-order valence-corrected chi connectivity index (χ2v) is 5.61. The molecule has 0 radical (unpaired) electrons. The Morgan fingerprint density at radius 2 is 1.52 bits per heavy atom. The summed E-state index contributed by atoms with van der Waals surface area (Å²) >= 11 is 0. The summed E-state index contributed by atoms with van der Waals surface area (Å²) in [4.78, 5) is 0. The summed E-state index contributed by atoms with van der Waals surface area (Å²) in [5.41, 5.74) is 19.2. The summed E-state index contributed by atoms with van der Waals surface area (Å²) in [7, 11) is 0. The Bertz CT molecular complexity index is 523. The zero-order chi connectivity index (χ0) is 14.7. The minimum absolute atomic E-state index is 0.532. The van der Waals surface area contributed by atoms with Gasteiger partial charge in [0.05, 0.1) is 5.69 Å². The number of nitrogens with zero attached hydrogens (tertiary/aromatic N) is 1. The fraction of sp³-hybridized carbons (Fsp3) is 0.294. The third-order valence-corrected chi connectivity index (χ3v) is 4.08. The highest BCUT2D eigenvalue weighted by Crippen LogP contribution is 2.25. The molecule has 5 N–H and O–H groups in total. The van der Waals surface area contributed by atoms with Crippen LogP contribution < -0.4 is 21.9 Å². The van der Waals surface area contributed by atoms with Crippen molar-refractivity contribution in [2.75, 3.05) is 29.6 Å². The van der Waals surface area contributed by atoms with Crippen molar-refractivity contribution in [1.29, 1.82) is 0 Å². The fourth-order valence-electron chi connectivity index (χ4n) is 2.82. The predicted molar refractivity (Wildman–Crippen MR) is 89.0 cm³/mol. The standard InChI is InChI=1S/C17H22N4/c18-15-5-3-13(4-6-15)14-2-1-11-21(20-12-14)17-9-7-16(19)8-10-17/h3-10,14,20H,1-2,11-12,18-19H2.